The Morgan fingerprint density at radius 3 is 2.46 bits per heavy atom. The van der Waals surface area contributed by atoms with E-state index in [1.807, 2.05) is 7.05 Å². The first-order chi connectivity index (χ1) is 6.08. The second-order valence-electron chi connectivity index (χ2n) is 4.45. The third-order valence-corrected chi connectivity index (χ3v) is 5.36. The first-order valence-electron chi connectivity index (χ1n) is 4.98. The molecule has 2 aliphatic rings. The van der Waals surface area contributed by atoms with Crippen LogP contribution in [0, 0.1) is 5.92 Å². The number of hydrogen-bond acceptors (Lipinski definition) is 3. The highest BCUT2D eigenvalue weighted by Crippen LogP contribution is 2.32. The van der Waals surface area contributed by atoms with Crippen molar-refractivity contribution in [1.82, 2.24) is 4.90 Å². The molecule has 1 heterocycles. The highest BCUT2D eigenvalue weighted by atomic mass is 32.2. The van der Waals surface area contributed by atoms with Crippen molar-refractivity contribution < 1.29 is 8.42 Å². The summed E-state index contributed by atoms with van der Waals surface area (Å²) in [6, 6.07) is 0. The third-order valence-electron chi connectivity index (χ3n) is 3.02. The van der Waals surface area contributed by atoms with Crippen LogP contribution >= 0.6 is 0 Å². The maximum atomic E-state index is 11.8. The van der Waals surface area contributed by atoms with Crippen molar-refractivity contribution in [2.24, 2.45) is 5.92 Å². The van der Waals surface area contributed by atoms with E-state index in [9.17, 15) is 8.42 Å². The van der Waals surface area contributed by atoms with Crippen LogP contribution in [0.5, 0.6) is 0 Å². The van der Waals surface area contributed by atoms with Crippen molar-refractivity contribution in [3.05, 3.63) is 0 Å². The van der Waals surface area contributed by atoms with Crippen LogP contribution in [0.15, 0.2) is 0 Å². The third kappa shape index (κ3) is 2.23. The summed E-state index contributed by atoms with van der Waals surface area (Å²) in [5.74, 6) is 0.946. The molecule has 0 aromatic heterocycles. The summed E-state index contributed by atoms with van der Waals surface area (Å²) in [4.78, 5) is 2.11. The minimum Gasteiger partial charge on any atom is -0.305 e. The van der Waals surface area contributed by atoms with Gasteiger partial charge in [0.25, 0.3) is 0 Å². The van der Waals surface area contributed by atoms with Gasteiger partial charge in [-0.1, -0.05) is 0 Å². The van der Waals surface area contributed by atoms with Gasteiger partial charge in [-0.2, -0.15) is 0 Å². The largest absolute Gasteiger partial charge is 0.305 e. The van der Waals surface area contributed by atoms with Crippen LogP contribution in [0.1, 0.15) is 19.3 Å². The predicted molar refractivity (Wildman–Crippen MR) is 52.4 cm³/mol. The molecule has 1 saturated heterocycles. The SMILES string of the molecule is CN1CCC(S(=O)(=O)CC2CC2)C1. The average Bonchev–Trinajstić information content (AvgIpc) is 2.70. The van der Waals surface area contributed by atoms with Gasteiger partial charge in [-0.25, -0.2) is 8.42 Å². The van der Waals surface area contributed by atoms with Gasteiger partial charge in [-0.3, -0.25) is 0 Å². The average molecular weight is 203 g/mol. The Labute approximate surface area is 80.0 Å². The summed E-state index contributed by atoms with van der Waals surface area (Å²) in [6.07, 6.45) is 3.09. The molecule has 0 spiro atoms. The van der Waals surface area contributed by atoms with E-state index < -0.39 is 9.84 Å². The normalized spacial score (nSPS) is 31.0. The van der Waals surface area contributed by atoms with Crippen LogP contribution in [-0.2, 0) is 9.84 Å². The molecule has 76 valence electrons. The maximum Gasteiger partial charge on any atom is 0.154 e. The van der Waals surface area contributed by atoms with Crippen molar-refractivity contribution in [2.45, 2.75) is 24.5 Å². The van der Waals surface area contributed by atoms with E-state index >= 15 is 0 Å². The molecule has 2 fully saturated rings. The molecule has 0 radical (unpaired) electrons. The van der Waals surface area contributed by atoms with Gasteiger partial charge in [0.05, 0.1) is 11.0 Å². The lowest BCUT2D eigenvalue weighted by Crippen LogP contribution is -2.27. The lowest BCUT2D eigenvalue weighted by molar-refractivity contribution is 0.417. The zero-order valence-corrected chi connectivity index (χ0v) is 8.89. The fourth-order valence-corrected chi connectivity index (χ4v) is 4.15. The predicted octanol–water partition coefficient (Wildman–Crippen LogP) is 0.515. The second-order valence-corrected chi connectivity index (χ2v) is 6.77. The van der Waals surface area contributed by atoms with Crippen molar-refractivity contribution >= 4 is 9.84 Å². The quantitative estimate of drug-likeness (QED) is 0.671. The number of sulfone groups is 1. The number of rotatable bonds is 3. The van der Waals surface area contributed by atoms with Gasteiger partial charge in [0.1, 0.15) is 0 Å². The molecule has 13 heavy (non-hydrogen) atoms. The van der Waals surface area contributed by atoms with E-state index in [4.69, 9.17) is 0 Å². The Bertz CT molecular complexity index is 282. The highest BCUT2D eigenvalue weighted by Gasteiger charge is 2.36. The molecule has 4 heteroatoms. The molecule has 1 saturated carbocycles. The van der Waals surface area contributed by atoms with E-state index in [1.165, 1.54) is 0 Å². The fraction of sp³-hybridized carbons (Fsp3) is 1.00. The Morgan fingerprint density at radius 2 is 2.00 bits per heavy atom. The summed E-state index contributed by atoms with van der Waals surface area (Å²) in [5, 5.41) is -0.0712. The molecule has 2 rings (SSSR count). The highest BCUT2D eigenvalue weighted by molar-refractivity contribution is 7.92. The fourth-order valence-electron chi connectivity index (χ4n) is 1.94. The Kier molecular flexibility index (Phi) is 2.36. The smallest absolute Gasteiger partial charge is 0.154 e. The number of hydrogen-bond donors (Lipinski definition) is 0. The van der Waals surface area contributed by atoms with E-state index in [0.717, 1.165) is 32.4 Å². The molecule has 1 unspecified atom stereocenters. The van der Waals surface area contributed by atoms with Crippen LogP contribution in [0.2, 0.25) is 0 Å². The Morgan fingerprint density at radius 1 is 1.31 bits per heavy atom. The monoisotopic (exact) mass is 203 g/mol. The summed E-state index contributed by atoms with van der Waals surface area (Å²) < 4.78 is 23.6. The van der Waals surface area contributed by atoms with Gasteiger partial charge in [0, 0.05) is 6.54 Å². The second kappa shape index (κ2) is 3.24. The van der Waals surface area contributed by atoms with Crippen LogP contribution in [0.3, 0.4) is 0 Å². The van der Waals surface area contributed by atoms with Crippen molar-refractivity contribution in [1.29, 1.82) is 0 Å². The summed E-state index contributed by atoms with van der Waals surface area (Å²) in [6.45, 7) is 1.68. The number of nitrogens with zero attached hydrogens (tertiary/aromatic N) is 1. The summed E-state index contributed by atoms with van der Waals surface area (Å²) in [7, 11) is -0.779. The Balaban J connectivity index is 1.97. The van der Waals surface area contributed by atoms with Crippen molar-refractivity contribution in [2.75, 3.05) is 25.9 Å². The maximum absolute atomic E-state index is 11.8. The molecule has 0 aromatic rings. The molecule has 0 amide bonds. The summed E-state index contributed by atoms with van der Waals surface area (Å²) >= 11 is 0. The minimum absolute atomic E-state index is 0.0712. The molecular formula is C9H17NO2S. The van der Waals surface area contributed by atoms with Crippen LogP contribution in [0.4, 0.5) is 0 Å². The zero-order chi connectivity index (χ0) is 9.47. The van der Waals surface area contributed by atoms with Gasteiger partial charge >= 0.3 is 0 Å². The van der Waals surface area contributed by atoms with Gasteiger partial charge in [0.2, 0.25) is 0 Å². The molecule has 1 aliphatic heterocycles. The topological polar surface area (TPSA) is 37.4 Å². The molecular weight excluding hydrogens is 186 g/mol. The standard InChI is InChI=1S/C9H17NO2S/c1-10-5-4-9(6-10)13(11,12)7-8-2-3-8/h8-9H,2-7H2,1H3. The lowest BCUT2D eigenvalue weighted by Gasteiger charge is -2.11. The zero-order valence-electron chi connectivity index (χ0n) is 8.07. The molecule has 0 N–H and O–H groups in total. The van der Waals surface area contributed by atoms with E-state index in [1.54, 1.807) is 0 Å². The van der Waals surface area contributed by atoms with Crippen molar-refractivity contribution in [3.63, 3.8) is 0 Å². The Hall–Kier alpha value is -0.0900. The van der Waals surface area contributed by atoms with Crippen LogP contribution in [0.25, 0.3) is 0 Å². The van der Waals surface area contributed by atoms with Crippen molar-refractivity contribution in [3.8, 4) is 0 Å². The van der Waals surface area contributed by atoms with Gasteiger partial charge in [-0.15, -0.1) is 0 Å². The van der Waals surface area contributed by atoms with Crippen LogP contribution < -0.4 is 0 Å². The molecule has 1 atom stereocenters. The van der Waals surface area contributed by atoms with E-state index in [0.29, 0.717) is 11.7 Å². The van der Waals surface area contributed by atoms with Gasteiger partial charge in [0.15, 0.2) is 9.84 Å². The number of likely N-dealkylation sites (tertiary alicyclic amines) is 1. The molecule has 0 aromatic carbocycles. The summed E-state index contributed by atoms with van der Waals surface area (Å²) in [5.41, 5.74) is 0. The molecule has 3 nitrogen and oxygen atoms in total. The molecule has 1 aliphatic carbocycles. The van der Waals surface area contributed by atoms with Gasteiger partial charge in [-0.05, 0) is 38.8 Å². The van der Waals surface area contributed by atoms with Crippen LogP contribution in [-0.4, -0.2) is 44.5 Å². The molecule has 0 bridgehead atoms. The first kappa shape index (κ1) is 9.46. The van der Waals surface area contributed by atoms with Gasteiger partial charge < -0.3 is 4.90 Å². The first-order valence-corrected chi connectivity index (χ1v) is 6.69. The minimum atomic E-state index is -2.77. The van der Waals surface area contributed by atoms with E-state index in [2.05, 4.69) is 4.90 Å². The van der Waals surface area contributed by atoms with E-state index in [-0.39, 0.29) is 5.25 Å². The lowest BCUT2D eigenvalue weighted by atomic mass is 10.4.